The summed E-state index contributed by atoms with van der Waals surface area (Å²) in [6.45, 7) is 3.66. The number of allylic oxidation sites excluding steroid dienone is 3. The van der Waals surface area contributed by atoms with Gasteiger partial charge in [-0.05, 0) is 61.5 Å². The third kappa shape index (κ3) is 4.36. The Morgan fingerprint density at radius 3 is 3.07 bits per heavy atom. The van der Waals surface area contributed by atoms with Gasteiger partial charge in [0.15, 0.2) is 0 Å². The molecule has 0 radical (unpaired) electrons. The molecule has 0 unspecified atom stereocenters. The van der Waals surface area contributed by atoms with E-state index >= 15 is 0 Å². The summed E-state index contributed by atoms with van der Waals surface area (Å²) >= 11 is 1.61. The summed E-state index contributed by atoms with van der Waals surface area (Å²) in [6.07, 6.45) is 6.66. The number of piperidine rings is 1. The molecule has 1 aromatic heterocycles. The number of likely N-dealkylation sites (tertiary alicyclic amines) is 1. The molecule has 2 aromatic rings. The molecule has 3 N–H and O–H groups in total. The van der Waals surface area contributed by atoms with Gasteiger partial charge in [-0.2, -0.15) is 0 Å². The van der Waals surface area contributed by atoms with E-state index in [1.165, 1.54) is 0 Å². The monoisotopic (exact) mass is 411 g/mol. The summed E-state index contributed by atoms with van der Waals surface area (Å²) < 4.78 is 1.06. The number of hydrogen-bond donors (Lipinski definition) is 3. The lowest BCUT2D eigenvalue weighted by molar-refractivity contribution is -0.138. The van der Waals surface area contributed by atoms with Crippen molar-refractivity contribution in [3.8, 4) is 5.75 Å². The summed E-state index contributed by atoms with van der Waals surface area (Å²) in [5, 5.41) is 26.2. The fourth-order valence-electron chi connectivity index (χ4n) is 4.10. The van der Waals surface area contributed by atoms with Gasteiger partial charge in [0.2, 0.25) is 0 Å². The molecule has 2 aliphatic rings. The molecule has 0 aliphatic carbocycles. The summed E-state index contributed by atoms with van der Waals surface area (Å²) in [4.78, 5) is 17.6. The van der Waals surface area contributed by atoms with Gasteiger partial charge in [-0.15, -0.1) is 11.3 Å². The number of nitrogens with one attached hydrogen (secondary N) is 1. The van der Waals surface area contributed by atoms with Crippen LogP contribution in [0.2, 0.25) is 0 Å². The molecule has 29 heavy (non-hydrogen) atoms. The highest BCUT2D eigenvalue weighted by atomic mass is 32.1. The van der Waals surface area contributed by atoms with Crippen molar-refractivity contribution in [3.05, 3.63) is 46.5 Å². The number of rotatable bonds is 5. The molecule has 0 spiro atoms. The molecular formula is C22H25N3O3S. The first-order valence-corrected chi connectivity index (χ1v) is 10.7. The van der Waals surface area contributed by atoms with E-state index in [-0.39, 0.29) is 18.3 Å². The number of thiophene rings is 1. The minimum absolute atomic E-state index is 0.0894. The van der Waals surface area contributed by atoms with E-state index in [0.29, 0.717) is 6.42 Å². The lowest BCUT2D eigenvalue weighted by Crippen LogP contribution is -2.46. The summed E-state index contributed by atoms with van der Waals surface area (Å²) in [6, 6.07) is 6.12. The minimum atomic E-state index is -0.780. The number of phenolic OH excluding ortho intramolecular Hbond substituents is 1. The molecule has 1 atom stereocenters. The van der Waals surface area contributed by atoms with Crippen LogP contribution in [0, 0.1) is 0 Å². The van der Waals surface area contributed by atoms with Gasteiger partial charge in [-0.25, -0.2) is 0 Å². The molecule has 7 heteroatoms. The van der Waals surface area contributed by atoms with Crippen molar-refractivity contribution in [1.29, 1.82) is 0 Å². The number of aliphatic carboxylic acids is 1. The molecule has 0 bridgehead atoms. The van der Waals surface area contributed by atoms with Crippen molar-refractivity contribution >= 4 is 39.3 Å². The lowest BCUT2D eigenvalue weighted by atomic mass is 10.0. The van der Waals surface area contributed by atoms with Crippen molar-refractivity contribution < 1.29 is 15.0 Å². The van der Waals surface area contributed by atoms with E-state index < -0.39 is 5.97 Å². The number of phenols is 1. The lowest BCUT2D eigenvalue weighted by Gasteiger charge is -2.33. The van der Waals surface area contributed by atoms with E-state index in [0.717, 1.165) is 58.5 Å². The van der Waals surface area contributed by atoms with E-state index in [4.69, 9.17) is 5.11 Å². The normalized spacial score (nSPS) is 20.6. The smallest absolute Gasteiger partial charge is 0.317 e. The average Bonchev–Trinajstić information content (AvgIpc) is 3.08. The second-order valence-corrected chi connectivity index (χ2v) is 8.57. The van der Waals surface area contributed by atoms with Crippen LogP contribution >= 0.6 is 11.3 Å². The Labute approximate surface area is 173 Å². The van der Waals surface area contributed by atoms with Crippen LogP contribution in [0.1, 0.15) is 31.7 Å². The zero-order valence-corrected chi connectivity index (χ0v) is 17.2. The average molecular weight is 412 g/mol. The number of benzene rings is 1. The quantitative estimate of drug-likeness (QED) is 0.696. The highest BCUT2D eigenvalue weighted by Gasteiger charge is 2.22. The van der Waals surface area contributed by atoms with Crippen molar-refractivity contribution in [3.63, 3.8) is 0 Å². The van der Waals surface area contributed by atoms with Gasteiger partial charge in [0, 0.05) is 46.6 Å². The van der Waals surface area contributed by atoms with Crippen LogP contribution in [0.25, 0.3) is 15.8 Å². The number of nitrogens with zero attached hydrogens (tertiary/aromatic N) is 2. The van der Waals surface area contributed by atoms with E-state index in [9.17, 15) is 9.90 Å². The first-order chi connectivity index (χ1) is 14.0. The fraction of sp³-hybridized carbons (Fsp3) is 0.364. The number of carboxylic acids is 1. The first kappa shape index (κ1) is 19.7. The van der Waals surface area contributed by atoms with E-state index in [1.807, 2.05) is 41.6 Å². The number of aliphatic imine (C=N–C) groups is 1. The molecule has 2 aliphatic heterocycles. The Kier molecular flexibility index (Phi) is 5.69. The third-order valence-electron chi connectivity index (χ3n) is 5.41. The summed E-state index contributed by atoms with van der Waals surface area (Å²) in [5.74, 6) is -0.506. The zero-order valence-electron chi connectivity index (χ0n) is 16.4. The highest BCUT2D eigenvalue weighted by Crippen LogP contribution is 2.37. The molecule has 6 nitrogen and oxygen atoms in total. The standard InChI is InChI=1S/C22H25N3O3S/c1-14-11-15(24-16-3-2-9-25(12-16)13-20(26)27)6-8-23-21(14)18-4-5-19-17(22(18)28)7-10-29-19/h4-5,7-8,10-11,16,24,28H,2-3,6,9,12-13H2,1H3,(H,26,27)/t16-/m1/s1. The maximum atomic E-state index is 11.0. The Hall–Kier alpha value is -2.64. The molecule has 152 valence electrons. The predicted molar refractivity (Wildman–Crippen MR) is 118 cm³/mol. The van der Waals surface area contributed by atoms with Crippen LogP contribution in [-0.4, -0.2) is 53.0 Å². The topological polar surface area (TPSA) is 85.2 Å². The number of carbonyl (C=O) groups is 1. The van der Waals surface area contributed by atoms with Gasteiger partial charge in [0.25, 0.3) is 0 Å². The zero-order chi connectivity index (χ0) is 20.4. The van der Waals surface area contributed by atoms with Crippen LogP contribution in [0.5, 0.6) is 5.75 Å². The Morgan fingerprint density at radius 1 is 1.38 bits per heavy atom. The molecule has 0 amide bonds. The second kappa shape index (κ2) is 8.39. The Balaban J connectivity index is 1.55. The Bertz CT molecular complexity index is 1020. The highest BCUT2D eigenvalue weighted by molar-refractivity contribution is 7.17. The maximum Gasteiger partial charge on any atom is 0.317 e. The van der Waals surface area contributed by atoms with Crippen LogP contribution in [0.15, 0.2) is 45.9 Å². The first-order valence-electron chi connectivity index (χ1n) is 9.85. The molecule has 1 saturated heterocycles. The molecule has 1 fully saturated rings. The van der Waals surface area contributed by atoms with Crippen molar-refractivity contribution in [2.45, 2.75) is 32.2 Å². The minimum Gasteiger partial charge on any atom is -0.507 e. The van der Waals surface area contributed by atoms with Gasteiger partial charge in [0.05, 0.1) is 12.2 Å². The van der Waals surface area contributed by atoms with Gasteiger partial charge in [-0.3, -0.25) is 14.7 Å². The number of hydrogen-bond acceptors (Lipinski definition) is 6. The summed E-state index contributed by atoms with van der Waals surface area (Å²) in [7, 11) is 0. The molecule has 1 aromatic carbocycles. The maximum absolute atomic E-state index is 11.0. The molecular weight excluding hydrogens is 386 g/mol. The number of aromatic hydroxyl groups is 1. The number of carboxylic acid groups (broad SMARTS) is 1. The molecule has 3 heterocycles. The van der Waals surface area contributed by atoms with Crippen LogP contribution in [-0.2, 0) is 4.79 Å². The van der Waals surface area contributed by atoms with Crippen LogP contribution in [0.3, 0.4) is 0 Å². The molecule has 0 saturated carbocycles. The van der Waals surface area contributed by atoms with E-state index in [1.54, 1.807) is 11.3 Å². The van der Waals surface area contributed by atoms with Gasteiger partial charge in [-0.1, -0.05) is 0 Å². The number of fused-ring (bicyclic) bond motifs is 1. The summed E-state index contributed by atoms with van der Waals surface area (Å²) in [5.41, 5.74) is 3.58. The van der Waals surface area contributed by atoms with Crippen molar-refractivity contribution in [2.24, 2.45) is 4.99 Å². The third-order valence-corrected chi connectivity index (χ3v) is 6.29. The van der Waals surface area contributed by atoms with Crippen LogP contribution < -0.4 is 5.32 Å². The predicted octanol–water partition coefficient (Wildman–Crippen LogP) is 3.83. The second-order valence-electron chi connectivity index (χ2n) is 7.62. The van der Waals surface area contributed by atoms with Crippen molar-refractivity contribution in [1.82, 2.24) is 10.2 Å². The fourth-order valence-corrected chi connectivity index (χ4v) is 4.89. The van der Waals surface area contributed by atoms with Crippen LogP contribution in [0.4, 0.5) is 0 Å². The molecule has 4 rings (SSSR count). The Morgan fingerprint density at radius 2 is 2.24 bits per heavy atom. The van der Waals surface area contributed by atoms with Gasteiger partial charge < -0.3 is 15.5 Å². The SMILES string of the molecule is CC1=C(c2ccc3sccc3c2O)N=CCC(N[C@@H]2CCCN(CC(=O)O)C2)=C1. The van der Waals surface area contributed by atoms with Gasteiger partial charge in [0.1, 0.15) is 5.75 Å². The van der Waals surface area contributed by atoms with E-state index in [2.05, 4.69) is 16.4 Å². The van der Waals surface area contributed by atoms with Gasteiger partial charge >= 0.3 is 5.97 Å². The largest absolute Gasteiger partial charge is 0.507 e. The van der Waals surface area contributed by atoms with Crippen molar-refractivity contribution in [2.75, 3.05) is 19.6 Å².